The average molecular weight is 434 g/mol. The normalized spacial score (nSPS) is 14.0. The summed E-state index contributed by atoms with van der Waals surface area (Å²) in [7, 11) is -3.57. The highest BCUT2D eigenvalue weighted by atomic mass is 35.5. The third-order valence-corrected chi connectivity index (χ3v) is 6.33. The highest BCUT2D eigenvalue weighted by molar-refractivity contribution is 7.56. The fourth-order valence-corrected chi connectivity index (χ4v) is 4.35. The maximum Gasteiger partial charge on any atom is 0.434 e. The van der Waals surface area contributed by atoms with Gasteiger partial charge in [0.1, 0.15) is 16.5 Å². The Morgan fingerprint density at radius 1 is 1.18 bits per heavy atom. The number of aliphatic imine (C=N–C) groups is 1. The van der Waals surface area contributed by atoms with Gasteiger partial charge < -0.3 is 18.9 Å². The molecule has 0 aliphatic carbocycles. The molecule has 0 fully saturated rings. The Balaban J connectivity index is 3.09. The molecule has 0 saturated carbocycles. The fraction of sp³-hybridized carbons (Fsp3) is 0.579. The van der Waals surface area contributed by atoms with Crippen LogP contribution >= 0.6 is 19.2 Å². The van der Waals surface area contributed by atoms with Crippen LogP contribution in [0.2, 0.25) is 0 Å². The van der Waals surface area contributed by atoms with Crippen LogP contribution in [-0.4, -0.2) is 40.8 Å². The van der Waals surface area contributed by atoms with Crippen LogP contribution in [0, 0.1) is 0 Å². The summed E-state index contributed by atoms with van der Waals surface area (Å²) in [6, 6.07) is 6.47. The van der Waals surface area contributed by atoms with Crippen LogP contribution < -0.4 is 0 Å². The van der Waals surface area contributed by atoms with Gasteiger partial charge in [-0.3, -0.25) is 4.57 Å². The van der Waals surface area contributed by atoms with Crippen LogP contribution in [0.15, 0.2) is 29.3 Å². The zero-order chi connectivity index (χ0) is 21.4. The minimum Gasteiger partial charge on any atom is -0.508 e. The van der Waals surface area contributed by atoms with E-state index < -0.39 is 24.4 Å². The van der Waals surface area contributed by atoms with Gasteiger partial charge in [0.25, 0.3) is 0 Å². The molecule has 0 aromatic heterocycles. The summed E-state index contributed by atoms with van der Waals surface area (Å²) >= 11 is 6.36. The fourth-order valence-electron chi connectivity index (χ4n) is 2.29. The second kappa shape index (κ2) is 11.0. The molecule has 0 bridgehead atoms. The standard InChI is InChI=1S/C19H29ClNO6P/c1-6-25-28(24,26-7-2)17(20)13-15(21-18(23)27-19(3,4)5)12-14-8-10-16(22)11-9-14/h8-11,17,22H,6-7,12-13H2,1-5H3. The van der Waals surface area contributed by atoms with E-state index in [0.29, 0.717) is 5.71 Å². The van der Waals surface area contributed by atoms with Crippen LogP contribution in [-0.2, 0) is 24.8 Å². The number of alkyl halides is 1. The van der Waals surface area contributed by atoms with Crippen molar-refractivity contribution >= 4 is 31.0 Å². The summed E-state index contributed by atoms with van der Waals surface area (Å²) in [5.74, 6) is 0.127. The van der Waals surface area contributed by atoms with Crippen molar-refractivity contribution in [3.05, 3.63) is 29.8 Å². The molecule has 7 nitrogen and oxygen atoms in total. The molecule has 1 rings (SSSR count). The minimum absolute atomic E-state index is 0.0128. The molecule has 1 N–H and O–H groups in total. The van der Waals surface area contributed by atoms with E-state index in [9.17, 15) is 14.5 Å². The number of amides is 1. The molecule has 1 aromatic carbocycles. The van der Waals surface area contributed by atoms with Gasteiger partial charge in [0.15, 0.2) is 0 Å². The van der Waals surface area contributed by atoms with E-state index in [-0.39, 0.29) is 31.8 Å². The molecule has 1 atom stereocenters. The van der Waals surface area contributed by atoms with E-state index >= 15 is 0 Å². The molecule has 1 aromatic rings. The summed E-state index contributed by atoms with van der Waals surface area (Å²) < 4.78 is 28.7. The van der Waals surface area contributed by atoms with Crippen LogP contribution in [0.4, 0.5) is 4.79 Å². The topological polar surface area (TPSA) is 94.4 Å². The van der Waals surface area contributed by atoms with Crippen molar-refractivity contribution < 1.29 is 28.3 Å². The van der Waals surface area contributed by atoms with Gasteiger partial charge in [0, 0.05) is 18.6 Å². The number of halogens is 1. The molecule has 158 valence electrons. The summed E-state index contributed by atoms with van der Waals surface area (Å²) in [6.45, 7) is 8.96. The van der Waals surface area contributed by atoms with E-state index in [1.165, 1.54) is 12.1 Å². The Labute approximate surface area is 171 Å². The summed E-state index contributed by atoms with van der Waals surface area (Å²) in [4.78, 5) is 16.2. The van der Waals surface area contributed by atoms with Gasteiger partial charge in [-0.1, -0.05) is 12.1 Å². The molecular weight excluding hydrogens is 405 g/mol. The Morgan fingerprint density at radius 2 is 1.71 bits per heavy atom. The lowest BCUT2D eigenvalue weighted by Gasteiger charge is -2.22. The van der Waals surface area contributed by atoms with E-state index in [2.05, 4.69) is 4.99 Å². The monoisotopic (exact) mass is 433 g/mol. The number of hydrogen-bond donors (Lipinski definition) is 1. The zero-order valence-corrected chi connectivity index (χ0v) is 18.6. The lowest BCUT2D eigenvalue weighted by atomic mass is 10.1. The highest BCUT2D eigenvalue weighted by Crippen LogP contribution is 2.56. The van der Waals surface area contributed by atoms with E-state index in [0.717, 1.165) is 5.56 Å². The first-order valence-electron chi connectivity index (χ1n) is 9.09. The van der Waals surface area contributed by atoms with Crippen LogP contribution in [0.1, 0.15) is 46.6 Å². The summed E-state index contributed by atoms with van der Waals surface area (Å²) in [5, 5.41) is 8.43. The van der Waals surface area contributed by atoms with Crippen molar-refractivity contribution in [2.45, 2.75) is 58.2 Å². The molecule has 0 heterocycles. The van der Waals surface area contributed by atoms with E-state index in [1.54, 1.807) is 46.8 Å². The van der Waals surface area contributed by atoms with Crippen molar-refractivity contribution in [1.82, 2.24) is 0 Å². The summed E-state index contributed by atoms with van der Waals surface area (Å²) in [5.41, 5.74) is 0.475. The van der Waals surface area contributed by atoms with Gasteiger partial charge in [0.2, 0.25) is 0 Å². The van der Waals surface area contributed by atoms with Gasteiger partial charge in [-0.15, -0.1) is 11.6 Å². The lowest BCUT2D eigenvalue weighted by molar-refractivity contribution is 0.0603. The van der Waals surface area contributed by atoms with E-state index in [4.69, 9.17) is 25.4 Å². The van der Waals surface area contributed by atoms with Crippen molar-refractivity contribution in [2.75, 3.05) is 13.2 Å². The van der Waals surface area contributed by atoms with Gasteiger partial charge in [0.05, 0.1) is 13.2 Å². The van der Waals surface area contributed by atoms with Gasteiger partial charge in [-0.2, -0.15) is 4.99 Å². The molecule has 0 radical (unpaired) electrons. The number of aromatic hydroxyl groups is 1. The van der Waals surface area contributed by atoms with Crippen LogP contribution in [0.25, 0.3) is 0 Å². The third kappa shape index (κ3) is 8.74. The molecule has 9 heteroatoms. The van der Waals surface area contributed by atoms with Crippen LogP contribution in [0.3, 0.4) is 0 Å². The first kappa shape index (κ1) is 24.6. The number of rotatable bonds is 9. The Hall–Kier alpha value is -1.40. The Bertz CT molecular complexity index is 704. The maximum atomic E-state index is 12.9. The molecule has 0 saturated heterocycles. The summed E-state index contributed by atoms with van der Waals surface area (Å²) in [6.07, 6.45) is -0.479. The number of nitrogens with zero attached hydrogens (tertiary/aromatic N) is 1. The second-order valence-electron chi connectivity index (χ2n) is 7.02. The molecular formula is C19H29ClNO6P. The smallest absolute Gasteiger partial charge is 0.434 e. The Morgan fingerprint density at radius 3 is 2.18 bits per heavy atom. The molecule has 0 aliphatic heterocycles. The zero-order valence-electron chi connectivity index (χ0n) is 17.0. The number of phenols is 1. The number of hydrogen-bond acceptors (Lipinski definition) is 6. The van der Waals surface area contributed by atoms with Gasteiger partial charge in [-0.05, 0) is 52.3 Å². The molecule has 28 heavy (non-hydrogen) atoms. The largest absolute Gasteiger partial charge is 0.508 e. The van der Waals surface area contributed by atoms with E-state index in [1.807, 2.05) is 0 Å². The van der Waals surface area contributed by atoms with Crippen molar-refractivity contribution in [3.8, 4) is 5.75 Å². The van der Waals surface area contributed by atoms with Crippen molar-refractivity contribution in [3.63, 3.8) is 0 Å². The van der Waals surface area contributed by atoms with Crippen molar-refractivity contribution in [1.29, 1.82) is 0 Å². The lowest BCUT2D eigenvalue weighted by Crippen LogP contribution is -2.23. The molecule has 0 spiro atoms. The number of carbonyl (C=O) groups is 1. The Kier molecular flexibility index (Phi) is 9.64. The predicted octanol–water partition coefficient (Wildman–Crippen LogP) is 5.53. The van der Waals surface area contributed by atoms with Crippen LogP contribution in [0.5, 0.6) is 5.75 Å². The molecule has 1 amide bonds. The third-order valence-electron chi connectivity index (χ3n) is 3.35. The number of phenolic OH excluding ortho intramolecular Hbond substituents is 1. The number of ether oxygens (including phenoxy) is 1. The first-order chi connectivity index (χ1) is 13.0. The van der Waals surface area contributed by atoms with Crippen molar-refractivity contribution in [2.24, 2.45) is 4.99 Å². The quantitative estimate of drug-likeness (QED) is 0.312. The molecule has 0 aliphatic rings. The predicted molar refractivity (Wildman–Crippen MR) is 111 cm³/mol. The minimum atomic E-state index is -3.57. The SMILES string of the molecule is CCOP(=O)(OCC)C(Cl)CC(Cc1ccc(O)cc1)=NC(=O)OC(C)(C)C. The maximum absolute atomic E-state index is 12.9. The highest BCUT2D eigenvalue weighted by Gasteiger charge is 2.35. The van der Waals surface area contributed by atoms with Gasteiger partial charge in [-0.25, -0.2) is 4.79 Å². The number of carbonyl (C=O) groups excluding carboxylic acids is 1. The molecule has 1 unspecified atom stereocenters. The number of benzene rings is 1. The van der Waals surface area contributed by atoms with Gasteiger partial charge >= 0.3 is 13.7 Å². The average Bonchev–Trinajstić information content (AvgIpc) is 2.55. The second-order valence-corrected chi connectivity index (χ2v) is 10.1. The first-order valence-corrected chi connectivity index (χ1v) is 11.1.